The third-order valence-corrected chi connectivity index (χ3v) is 4.38. The summed E-state index contributed by atoms with van der Waals surface area (Å²) in [6, 6.07) is 7.64. The zero-order chi connectivity index (χ0) is 11.9. The summed E-state index contributed by atoms with van der Waals surface area (Å²) in [4.78, 5) is 0. The van der Waals surface area contributed by atoms with Crippen molar-refractivity contribution in [2.75, 3.05) is 11.9 Å². The van der Waals surface area contributed by atoms with E-state index in [-0.39, 0.29) is 0 Å². The molecule has 0 radical (unpaired) electrons. The second kappa shape index (κ2) is 3.92. The normalized spacial score (nSPS) is 20.7. The van der Waals surface area contributed by atoms with Crippen LogP contribution >= 0.6 is 11.6 Å². The predicted octanol–water partition coefficient (Wildman–Crippen LogP) is 3.81. The van der Waals surface area contributed by atoms with Crippen molar-refractivity contribution in [3.8, 4) is 6.07 Å². The maximum Gasteiger partial charge on any atom is 0.101 e. The maximum atomic E-state index is 8.80. The van der Waals surface area contributed by atoms with Crippen molar-refractivity contribution in [2.45, 2.75) is 25.7 Å². The van der Waals surface area contributed by atoms with Crippen LogP contribution in [0.2, 0.25) is 5.02 Å². The first-order valence-corrected chi connectivity index (χ1v) is 6.55. The molecule has 1 aromatic carbocycles. The Balaban J connectivity index is 1.65. The van der Waals surface area contributed by atoms with Gasteiger partial charge in [0, 0.05) is 12.2 Å². The minimum absolute atomic E-state index is 0.536. The summed E-state index contributed by atoms with van der Waals surface area (Å²) in [5, 5.41) is 12.8. The van der Waals surface area contributed by atoms with Crippen molar-refractivity contribution >= 4 is 17.3 Å². The van der Waals surface area contributed by atoms with Gasteiger partial charge in [0.15, 0.2) is 0 Å². The Hall–Kier alpha value is -1.20. The van der Waals surface area contributed by atoms with Crippen molar-refractivity contribution in [3.05, 3.63) is 28.8 Å². The Morgan fingerprint density at radius 2 is 2.18 bits per heavy atom. The van der Waals surface area contributed by atoms with Crippen molar-refractivity contribution < 1.29 is 0 Å². The summed E-state index contributed by atoms with van der Waals surface area (Å²) in [6.45, 7) is 1.06. The fourth-order valence-corrected chi connectivity index (χ4v) is 2.80. The molecule has 0 unspecified atom stereocenters. The van der Waals surface area contributed by atoms with E-state index in [0.717, 1.165) is 18.2 Å². The molecule has 0 aliphatic heterocycles. The van der Waals surface area contributed by atoms with Crippen LogP contribution in [0, 0.1) is 22.7 Å². The Bertz CT molecular complexity index is 481. The Morgan fingerprint density at radius 1 is 1.41 bits per heavy atom. The van der Waals surface area contributed by atoms with Crippen LogP contribution in [0.25, 0.3) is 0 Å². The van der Waals surface area contributed by atoms with Crippen LogP contribution in [0.4, 0.5) is 5.69 Å². The van der Waals surface area contributed by atoms with E-state index in [9.17, 15) is 0 Å². The number of halogens is 1. The molecule has 0 aromatic heterocycles. The summed E-state index contributed by atoms with van der Waals surface area (Å²) >= 11 is 6.01. The highest BCUT2D eigenvalue weighted by molar-refractivity contribution is 6.32. The van der Waals surface area contributed by atoms with Crippen LogP contribution in [0.1, 0.15) is 31.2 Å². The lowest BCUT2D eigenvalue weighted by molar-refractivity contribution is 0.467. The summed E-state index contributed by atoms with van der Waals surface area (Å²) in [6.07, 6.45) is 5.56. The van der Waals surface area contributed by atoms with Gasteiger partial charge in [-0.25, -0.2) is 0 Å². The molecule has 88 valence electrons. The molecule has 0 saturated heterocycles. The lowest BCUT2D eigenvalue weighted by Crippen LogP contribution is -2.17. The molecule has 0 spiro atoms. The van der Waals surface area contributed by atoms with Crippen LogP contribution in [0.15, 0.2) is 18.2 Å². The Kier molecular flexibility index (Phi) is 2.52. The second-order valence-electron chi connectivity index (χ2n) is 5.30. The first-order valence-electron chi connectivity index (χ1n) is 6.17. The van der Waals surface area contributed by atoms with Crippen molar-refractivity contribution in [1.82, 2.24) is 0 Å². The van der Waals surface area contributed by atoms with Gasteiger partial charge in [-0.05, 0) is 55.2 Å². The van der Waals surface area contributed by atoms with E-state index >= 15 is 0 Å². The number of nitriles is 1. The quantitative estimate of drug-likeness (QED) is 0.877. The summed E-state index contributed by atoms with van der Waals surface area (Å²) < 4.78 is 0. The average Bonchev–Trinajstić information content (AvgIpc) is 3.17. The average molecular weight is 247 g/mol. The molecule has 2 aliphatic carbocycles. The molecule has 3 rings (SSSR count). The molecule has 2 aliphatic rings. The van der Waals surface area contributed by atoms with E-state index in [0.29, 0.717) is 16.0 Å². The lowest BCUT2D eigenvalue weighted by Gasteiger charge is -2.16. The predicted molar refractivity (Wildman–Crippen MR) is 69.0 cm³/mol. The highest BCUT2D eigenvalue weighted by atomic mass is 35.5. The monoisotopic (exact) mass is 246 g/mol. The summed E-state index contributed by atoms with van der Waals surface area (Å²) in [7, 11) is 0. The van der Waals surface area contributed by atoms with Crippen molar-refractivity contribution in [3.63, 3.8) is 0 Å². The zero-order valence-electron chi connectivity index (χ0n) is 9.67. The Labute approximate surface area is 107 Å². The fourth-order valence-electron chi connectivity index (χ4n) is 2.58. The van der Waals surface area contributed by atoms with Gasteiger partial charge in [-0.2, -0.15) is 5.26 Å². The minimum atomic E-state index is 0.536. The van der Waals surface area contributed by atoms with Gasteiger partial charge >= 0.3 is 0 Å². The summed E-state index contributed by atoms with van der Waals surface area (Å²) in [5.41, 5.74) is 2.15. The molecular formula is C14H15ClN2. The van der Waals surface area contributed by atoms with E-state index in [1.165, 1.54) is 25.7 Å². The summed E-state index contributed by atoms with van der Waals surface area (Å²) in [5.74, 6) is 0.962. The number of hydrogen-bond donors (Lipinski definition) is 1. The smallest absolute Gasteiger partial charge is 0.101 e. The minimum Gasteiger partial charge on any atom is -0.384 e. The van der Waals surface area contributed by atoms with E-state index in [4.69, 9.17) is 16.9 Å². The highest BCUT2D eigenvalue weighted by Crippen LogP contribution is 2.61. The van der Waals surface area contributed by atoms with E-state index < -0.39 is 0 Å². The molecule has 1 aromatic rings. The van der Waals surface area contributed by atoms with Crippen molar-refractivity contribution in [2.24, 2.45) is 11.3 Å². The molecule has 1 N–H and O–H groups in total. The lowest BCUT2D eigenvalue weighted by atomic mass is 10.0. The molecule has 3 heteroatoms. The molecule has 17 heavy (non-hydrogen) atoms. The van der Waals surface area contributed by atoms with Crippen molar-refractivity contribution in [1.29, 1.82) is 5.26 Å². The van der Waals surface area contributed by atoms with E-state index in [2.05, 4.69) is 11.4 Å². The standard InChI is InChI=1S/C14H15ClN2/c15-13-7-12(4-1-10(13)8-16)17-9-14(5-6-14)11-2-3-11/h1,4,7,11,17H,2-3,5-6,9H2. The number of rotatable bonds is 4. The van der Waals surface area contributed by atoms with Gasteiger partial charge in [-0.1, -0.05) is 11.6 Å². The highest BCUT2D eigenvalue weighted by Gasteiger charge is 2.53. The van der Waals surface area contributed by atoms with Crippen LogP contribution in [0.5, 0.6) is 0 Å². The van der Waals surface area contributed by atoms with E-state index in [1.807, 2.05) is 12.1 Å². The van der Waals surface area contributed by atoms with Gasteiger partial charge in [0.05, 0.1) is 10.6 Å². The third-order valence-electron chi connectivity index (χ3n) is 4.07. The van der Waals surface area contributed by atoms with Crippen LogP contribution < -0.4 is 5.32 Å². The molecule has 0 amide bonds. The van der Waals surface area contributed by atoms with Gasteiger partial charge in [0.1, 0.15) is 6.07 Å². The van der Waals surface area contributed by atoms with Crippen LogP contribution in [-0.2, 0) is 0 Å². The SMILES string of the molecule is N#Cc1ccc(NCC2(C3CC3)CC2)cc1Cl. The van der Waals surface area contributed by atoms with Gasteiger partial charge in [-0.3, -0.25) is 0 Å². The first-order chi connectivity index (χ1) is 8.23. The van der Waals surface area contributed by atoms with Gasteiger partial charge in [-0.15, -0.1) is 0 Å². The van der Waals surface area contributed by atoms with Gasteiger partial charge in [0.2, 0.25) is 0 Å². The number of nitrogens with zero attached hydrogens (tertiary/aromatic N) is 1. The van der Waals surface area contributed by atoms with E-state index in [1.54, 1.807) is 6.07 Å². The largest absolute Gasteiger partial charge is 0.384 e. The molecule has 0 heterocycles. The number of anilines is 1. The number of benzene rings is 1. The molecule has 2 saturated carbocycles. The first kappa shape index (κ1) is 10.9. The molecule has 0 bridgehead atoms. The topological polar surface area (TPSA) is 35.8 Å². The number of hydrogen-bond acceptors (Lipinski definition) is 2. The van der Waals surface area contributed by atoms with Crippen LogP contribution in [-0.4, -0.2) is 6.54 Å². The zero-order valence-corrected chi connectivity index (χ0v) is 10.4. The Morgan fingerprint density at radius 3 is 2.71 bits per heavy atom. The maximum absolute atomic E-state index is 8.80. The molecule has 0 atom stereocenters. The van der Waals surface area contributed by atoms with Gasteiger partial charge in [0.25, 0.3) is 0 Å². The molecule has 2 fully saturated rings. The fraction of sp³-hybridized carbons (Fsp3) is 0.500. The molecular weight excluding hydrogens is 232 g/mol. The third kappa shape index (κ3) is 2.12. The van der Waals surface area contributed by atoms with Gasteiger partial charge < -0.3 is 5.32 Å². The number of nitrogens with one attached hydrogen (secondary N) is 1. The van der Waals surface area contributed by atoms with Crippen LogP contribution in [0.3, 0.4) is 0 Å². The molecule has 2 nitrogen and oxygen atoms in total. The second-order valence-corrected chi connectivity index (χ2v) is 5.70.